The number of rotatable bonds is 8. The van der Waals surface area contributed by atoms with Gasteiger partial charge in [-0.3, -0.25) is 9.98 Å². The summed E-state index contributed by atoms with van der Waals surface area (Å²) in [5.41, 5.74) is -0.0224. The van der Waals surface area contributed by atoms with Crippen molar-refractivity contribution >= 4 is 106 Å². The standard InChI is InChI=1S/C20H11Cl3F3N5.C15H19N5SSi.C9H4Cl3F3/c21-14-4-13(5-15(22)18(14)23)19(20(24,25)26)6-16(29-8-19)11-1-2-17(12(3-11)7-27)31-10-28-9-30-31;1-21-15(18-11-22(2,3)4)12-5-6-14(13(7-12)8-16)20-10-17-9-19-20;1-4(9(13,14)15)5-2-6(10)8(12)7(11)3-5/h1-5,9-10H,6,8H2;5-7,9-10H,11H2,1-4H3;2-3H,1H2. The molecule has 0 aliphatic carbocycles. The summed E-state index contributed by atoms with van der Waals surface area (Å²) >= 11 is 36.3. The summed E-state index contributed by atoms with van der Waals surface area (Å²) < 4.78 is 82.7. The fraction of sp³-hybridized carbons (Fsp3) is 0.227. The van der Waals surface area contributed by atoms with Gasteiger partial charge in [-0.2, -0.15) is 47.1 Å². The summed E-state index contributed by atoms with van der Waals surface area (Å²) in [6.07, 6.45) is -0.892. The normalized spacial score (nSPS) is 15.0. The third-order valence-electron chi connectivity index (χ3n) is 9.80. The molecule has 0 saturated heterocycles. The van der Waals surface area contributed by atoms with E-state index in [-0.39, 0.29) is 52.5 Å². The molecule has 4 aromatic carbocycles. The largest absolute Gasteiger partial charge is 0.416 e. The molecule has 0 radical (unpaired) electrons. The van der Waals surface area contributed by atoms with E-state index in [2.05, 4.69) is 57.4 Å². The summed E-state index contributed by atoms with van der Waals surface area (Å²) in [5, 5.41) is 27.8. The fourth-order valence-electron chi connectivity index (χ4n) is 6.30. The van der Waals surface area contributed by atoms with E-state index in [0.29, 0.717) is 16.8 Å². The number of hydrogen-bond acceptors (Lipinski definition) is 9. The van der Waals surface area contributed by atoms with Crippen LogP contribution in [0.1, 0.15) is 39.8 Å². The molecule has 1 unspecified atom stereocenters. The van der Waals surface area contributed by atoms with E-state index in [1.54, 1.807) is 34.9 Å². The number of nitriles is 2. The van der Waals surface area contributed by atoms with Gasteiger partial charge in [0.1, 0.15) is 42.9 Å². The second-order valence-electron chi connectivity index (χ2n) is 15.8. The van der Waals surface area contributed by atoms with Gasteiger partial charge < -0.3 is 0 Å². The number of benzene rings is 4. The SMILES string of the molecule is C=C(c1cc(Cl)c(Cl)c(Cl)c1)C(F)(F)F.CSC(=NC[Si](C)(C)C)c1ccc(-n2cncn2)c(C#N)c1.N#Cc1cc(C2=NCC(c3cc(Cl)c(Cl)c(Cl)c3)(C(F)(F)F)C2)ccc1-n1cncn1. The fourth-order valence-corrected chi connectivity index (χ4v) is 8.80. The number of hydrogen-bond donors (Lipinski definition) is 0. The first-order valence-corrected chi connectivity index (χ1v) is 26.6. The number of thioether (sulfide) groups is 1. The van der Waals surface area contributed by atoms with E-state index in [4.69, 9.17) is 74.6 Å². The highest BCUT2D eigenvalue weighted by molar-refractivity contribution is 8.13. The summed E-state index contributed by atoms with van der Waals surface area (Å²) in [4.78, 5) is 16.7. The van der Waals surface area contributed by atoms with E-state index < -0.39 is 44.4 Å². The first-order valence-electron chi connectivity index (χ1n) is 19.4. The lowest BCUT2D eigenvalue weighted by molar-refractivity contribution is -0.183. The van der Waals surface area contributed by atoms with E-state index in [0.717, 1.165) is 34.6 Å². The summed E-state index contributed by atoms with van der Waals surface area (Å²) in [5.74, 6) is 0. The van der Waals surface area contributed by atoms with E-state index in [1.807, 2.05) is 30.5 Å². The third-order valence-corrected chi connectivity index (χ3v) is 14.1. The molecule has 0 N–H and O–H groups in total. The second kappa shape index (κ2) is 22.2. The number of halogens is 12. The smallest absolute Gasteiger partial charge is 0.288 e. The zero-order valence-corrected chi connectivity index (χ0v) is 42.2. The number of nitrogens with zero attached hydrogens (tertiary/aromatic N) is 10. The van der Waals surface area contributed by atoms with Crippen LogP contribution in [0.25, 0.3) is 16.9 Å². The van der Waals surface area contributed by atoms with Gasteiger partial charge in [-0.25, -0.2) is 19.3 Å². The number of allylic oxidation sites excluding steroid dienone is 1. The molecular formula is C44H34Cl6F6N10SSi. The summed E-state index contributed by atoms with van der Waals surface area (Å²) in [7, 11) is -1.23. The van der Waals surface area contributed by atoms with Crippen molar-refractivity contribution in [3.63, 3.8) is 0 Å². The van der Waals surface area contributed by atoms with Gasteiger partial charge >= 0.3 is 12.4 Å². The van der Waals surface area contributed by atoms with Crippen LogP contribution >= 0.6 is 81.4 Å². The quantitative estimate of drug-likeness (QED) is 0.0487. The predicted molar refractivity (Wildman–Crippen MR) is 262 cm³/mol. The van der Waals surface area contributed by atoms with Gasteiger partial charge in [0.15, 0.2) is 0 Å². The van der Waals surface area contributed by atoms with Crippen LogP contribution in [0.15, 0.2) is 103 Å². The highest BCUT2D eigenvalue weighted by Crippen LogP contribution is 2.50. The van der Waals surface area contributed by atoms with Crippen molar-refractivity contribution in [1.29, 1.82) is 10.5 Å². The van der Waals surface area contributed by atoms with E-state index in [9.17, 15) is 36.9 Å². The minimum atomic E-state index is -4.63. The van der Waals surface area contributed by atoms with Crippen LogP contribution in [0.5, 0.6) is 0 Å². The molecule has 68 heavy (non-hydrogen) atoms. The van der Waals surface area contributed by atoms with Crippen molar-refractivity contribution in [2.45, 2.75) is 43.8 Å². The van der Waals surface area contributed by atoms with Gasteiger partial charge in [0.25, 0.3) is 0 Å². The molecule has 0 saturated carbocycles. The van der Waals surface area contributed by atoms with Gasteiger partial charge in [-0.1, -0.05) is 108 Å². The molecule has 1 aliphatic heterocycles. The molecule has 6 aromatic rings. The predicted octanol–water partition coefficient (Wildman–Crippen LogP) is 14.1. The average Bonchev–Trinajstić information content (AvgIpc) is 4.11. The Morgan fingerprint density at radius 1 is 0.765 bits per heavy atom. The van der Waals surface area contributed by atoms with Crippen molar-refractivity contribution in [1.82, 2.24) is 29.5 Å². The van der Waals surface area contributed by atoms with Gasteiger partial charge in [0.05, 0.1) is 77.9 Å². The topological polar surface area (TPSA) is 134 Å². The molecule has 0 spiro atoms. The first-order chi connectivity index (χ1) is 31.8. The monoisotopic (exact) mass is 1090 g/mol. The third kappa shape index (κ3) is 12.8. The molecule has 354 valence electrons. The molecule has 0 amide bonds. The molecule has 3 heterocycles. The molecular weight excluding hydrogens is 1060 g/mol. The van der Waals surface area contributed by atoms with Gasteiger partial charge in [0, 0.05) is 23.9 Å². The number of alkyl halides is 6. The van der Waals surface area contributed by atoms with Crippen molar-refractivity contribution < 1.29 is 26.3 Å². The highest BCUT2D eigenvalue weighted by Gasteiger charge is 2.58. The second-order valence-corrected chi connectivity index (χ2v) is 24.4. The van der Waals surface area contributed by atoms with Crippen molar-refractivity contribution in [3.8, 4) is 23.5 Å². The van der Waals surface area contributed by atoms with Crippen molar-refractivity contribution in [3.05, 3.63) is 156 Å². The summed E-state index contributed by atoms with van der Waals surface area (Å²) in [6, 6.07) is 19.2. The van der Waals surface area contributed by atoms with E-state index in [1.165, 1.54) is 41.9 Å². The molecule has 1 atom stereocenters. The average molecular weight is 1090 g/mol. The zero-order valence-electron chi connectivity index (χ0n) is 35.8. The molecule has 10 nitrogen and oxygen atoms in total. The van der Waals surface area contributed by atoms with Crippen LogP contribution < -0.4 is 0 Å². The van der Waals surface area contributed by atoms with E-state index >= 15 is 0 Å². The van der Waals surface area contributed by atoms with Crippen LogP contribution in [0.3, 0.4) is 0 Å². The molecule has 1 aliphatic rings. The molecule has 0 bridgehead atoms. The Morgan fingerprint density at radius 2 is 1.26 bits per heavy atom. The van der Waals surface area contributed by atoms with Crippen LogP contribution in [-0.4, -0.2) is 79.7 Å². The lowest BCUT2D eigenvalue weighted by Crippen LogP contribution is -2.43. The molecule has 24 heteroatoms. The summed E-state index contributed by atoms with van der Waals surface area (Å²) in [6.45, 7) is 9.27. The maximum absolute atomic E-state index is 14.3. The van der Waals surface area contributed by atoms with Crippen molar-refractivity contribution in [2.75, 3.05) is 19.0 Å². The Hall–Kier alpha value is -4.89. The lowest BCUT2D eigenvalue weighted by Gasteiger charge is -2.32. The Balaban J connectivity index is 0.000000204. The van der Waals surface area contributed by atoms with Crippen LogP contribution in [0.4, 0.5) is 26.3 Å². The van der Waals surface area contributed by atoms with Gasteiger partial charge in [-0.05, 0) is 71.5 Å². The maximum Gasteiger partial charge on any atom is 0.416 e. The molecule has 2 aromatic heterocycles. The van der Waals surface area contributed by atoms with Crippen molar-refractivity contribution in [2.24, 2.45) is 9.98 Å². The highest BCUT2D eigenvalue weighted by atomic mass is 35.5. The van der Waals surface area contributed by atoms with Crippen LogP contribution in [-0.2, 0) is 5.41 Å². The van der Waals surface area contributed by atoms with Crippen LogP contribution in [0, 0.1) is 22.7 Å². The Labute approximate surface area is 421 Å². The maximum atomic E-state index is 14.3. The number of aromatic nitrogens is 6. The lowest BCUT2D eigenvalue weighted by atomic mass is 9.76. The Morgan fingerprint density at radius 3 is 1.71 bits per heavy atom. The zero-order chi connectivity index (χ0) is 50.4. The molecule has 7 rings (SSSR count). The molecule has 0 fully saturated rings. The van der Waals surface area contributed by atoms with Gasteiger partial charge in [-0.15, -0.1) is 11.8 Å². The first kappa shape index (κ1) is 54.1. The Bertz CT molecular complexity index is 2920. The van der Waals surface area contributed by atoms with Crippen LogP contribution in [0.2, 0.25) is 49.8 Å². The minimum absolute atomic E-state index is 0.00842. The number of aliphatic imine (C=N–C) groups is 2. The minimum Gasteiger partial charge on any atom is -0.288 e. The Kier molecular flexibility index (Phi) is 17.7. The van der Waals surface area contributed by atoms with Gasteiger partial charge in [0.2, 0.25) is 0 Å².